The Bertz CT molecular complexity index is 307. The summed E-state index contributed by atoms with van der Waals surface area (Å²) in [5.41, 5.74) is 0.830. The van der Waals surface area contributed by atoms with Gasteiger partial charge in [-0.2, -0.15) is 0 Å². The van der Waals surface area contributed by atoms with Gasteiger partial charge in [0.05, 0.1) is 0 Å². The molecule has 0 spiro atoms. The molecule has 1 aromatic heterocycles. The van der Waals surface area contributed by atoms with E-state index in [2.05, 4.69) is 4.98 Å². The normalized spacial score (nSPS) is 14.7. The largest absolute Gasteiger partial charge is 0.509 e. The van der Waals surface area contributed by atoms with Crippen molar-refractivity contribution in [1.82, 2.24) is 4.98 Å². The van der Waals surface area contributed by atoms with Crippen molar-refractivity contribution in [2.24, 2.45) is 0 Å². The van der Waals surface area contributed by atoms with Gasteiger partial charge in [-0.25, -0.2) is 0 Å². The highest BCUT2D eigenvalue weighted by Crippen LogP contribution is 2.23. The Labute approximate surface area is 64.0 Å². The number of ether oxygens (including phenoxy) is 1. The Balaban J connectivity index is 2.51. The standard InChI is InChI=1S/C8H7NO2/c10-7-3-6-4-9-2-1-8(6)11-5-7/h1-4,10H,5H2. The molecule has 0 bridgehead atoms. The van der Waals surface area contributed by atoms with E-state index >= 15 is 0 Å². The van der Waals surface area contributed by atoms with Crippen molar-refractivity contribution in [3.05, 3.63) is 29.8 Å². The molecule has 0 aromatic carbocycles. The van der Waals surface area contributed by atoms with E-state index in [1.54, 1.807) is 24.5 Å². The van der Waals surface area contributed by atoms with Gasteiger partial charge >= 0.3 is 0 Å². The first-order valence-electron chi connectivity index (χ1n) is 3.32. The summed E-state index contributed by atoms with van der Waals surface area (Å²) in [4.78, 5) is 3.90. The average molecular weight is 149 g/mol. The minimum Gasteiger partial charge on any atom is -0.509 e. The van der Waals surface area contributed by atoms with Gasteiger partial charge in [-0.3, -0.25) is 4.98 Å². The monoisotopic (exact) mass is 149 g/mol. The molecule has 0 amide bonds. The third-order valence-corrected chi connectivity index (χ3v) is 1.51. The van der Waals surface area contributed by atoms with E-state index in [-0.39, 0.29) is 12.4 Å². The fourth-order valence-electron chi connectivity index (χ4n) is 1.01. The maximum absolute atomic E-state index is 9.06. The molecule has 2 rings (SSSR count). The fraction of sp³-hybridized carbons (Fsp3) is 0.125. The number of hydrogen-bond donors (Lipinski definition) is 1. The van der Waals surface area contributed by atoms with E-state index in [9.17, 15) is 0 Å². The lowest BCUT2D eigenvalue weighted by Gasteiger charge is -2.12. The van der Waals surface area contributed by atoms with Crippen molar-refractivity contribution in [2.45, 2.75) is 0 Å². The predicted molar refractivity (Wildman–Crippen MR) is 40.3 cm³/mol. The number of pyridine rings is 1. The van der Waals surface area contributed by atoms with Gasteiger partial charge in [0.1, 0.15) is 18.1 Å². The van der Waals surface area contributed by atoms with Crippen LogP contribution in [0, 0.1) is 0 Å². The van der Waals surface area contributed by atoms with Gasteiger partial charge in [-0.1, -0.05) is 0 Å². The molecule has 0 fully saturated rings. The molecule has 1 aliphatic rings. The Morgan fingerprint density at radius 3 is 3.36 bits per heavy atom. The van der Waals surface area contributed by atoms with Gasteiger partial charge in [0.2, 0.25) is 0 Å². The summed E-state index contributed by atoms with van der Waals surface area (Å²) in [5.74, 6) is 1.02. The van der Waals surface area contributed by atoms with E-state index in [1.165, 1.54) is 0 Å². The lowest BCUT2D eigenvalue weighted by Crippen LogP contribution is -2.06. The summed E-state index contributed by atoms with van der Waals surface area (Å²) >= 11 is 0. The lowest BCUT2D eigenvalue weighted by atomic mass is 10.2. The molecule has 0 saturated carbocycles. The van der Waals surface area contributed by atoms with Gasteiger partial charge in [0, 0.05) is 18.0 Å². The van der Waals surface area contributed by atoms with Crippen molar-refractivity contribution >= 4 is 6.08 Å². The number of nitrogens with zero attached hydrogens (tertiary/aromatic N) is 1. The zero-order valence-corrected chi connectivity index (χ0v) is 5.82. The second-order valence-electron chi connectivity index (χ2n) is 2.34. The third kappa shape index (κ3) is 1.05. The maximum atomic E-state index is 9.06. The number of aromatic nitrogens is 1. The predicted octanol–water partition coefficient (Wildman–Crippen LogP) is 1.37. The smallest absolute Gasteiger partial charge is 0.145 e. The van der Waals surface area contributed by atoms with Crippen LogP contribution in [0.4, 0.5) is 0 Å². The second kappa shape index (κ2) is 2.27. The topological polar surface area (TPSA) is 42.4 Å². The van der Waals surface area contributed by atoms with Crippen LogP contribution in [0.15, 0.2) is 24.2 Å². The average Bonchev–Trinajstić information content (AvgIpc) is 2.04. The summed E-state index contributed by atoms with van der Waals surface area (Å²) in [6, 6.07) is 1.78. The molecule has 56 valence electrons. The quantitative estimate of drug-likeness (QED) is 0.605. The molecule has 1 aliphatic heterocycles. The molecule has 1 N–H and O–H groups in total. The number of aliphatic hydroxyl groups excluding tert-OH is 1. The van der Waals surface area contributed by atoms with Crippen LogP contribution >= 0.6 is 0 Å². The Morgan fingerprint density at radius 1 is 1.55 bits per heavy atom. The van der Waals surface area contributed by atoms with E-state index < -0.39 is 0 Å². The molecule has 0 aliphatic carbocycles. The molecule has 11 heavy (non-hydrogen) atoms. The molecule has 0 radical (unpaired) electrons. The van der Waals surface area contributed by atoms with Crippen molar-refractivity contribution in [2.75, 3.05) is 6.61 Å². The molecule has 2 heterocycles. The van der Waals surface area contributed by atoms with E-state index in [0.717, 1.165) is 11.3 Å². The Kier molecular flexibility index (Phi) is 1.28. The van der Waals surface area contributed by atoms with E-state index in [1.807, 2.05) is 0 Å². The summed E-state index contributed by atoms with van der Waals surface area (Å²) in [6.45, 7) is 0.261. The van der Waals surface area contributed by atoms with Crippen LogP contribution in [-0.4, -0.2) is 16.7 Å². The fourth-order valence-corrected chi connectivity index (χ4v) is 1.01. The highest BCUT2D eigenvalue weighted by molar-refractivity contribution is 5.59. The van der Waals surface area contributed by atoms with E-state index in [0.29, 0.717) is 0 Å². The summed E-state index contributed by atoms with van der Waals surface area (Å²) in [5, 5.41) is 9.06. The van der Waals surface area contributed by atoms with Crippen LogP contribution in [0.5, 0.6) is 5.75 Å². The lowest BCUT2D eigenvalue weighted by molar-refractivity contribution is 0.267. The van der Waals surface area contributed by atoms with Crippen LogP contribution in [0.2, 0.25) is 0 Å². The molecule has 3 heteroatoms. The third-order valence-electron chi connectivity index (χ3n) is 1.51. The van der Waals surface area contributed by atoms with E-state index in [4.69, 9.17) is 9.84 Å². The molecular weight excluding hydrogens is 142 g/mol. The van der Waals surface area contributed by atoms with Crippen LogP contribution in [0.3, 0.4) is 0 Å². The van der Waals surface area contributed by atoms with Crippen molar-refractivity contribution < 1.29 is 9.84 Å². The van der Waals surface area contributed by atoms with Gasteiger partial charge < -0.3 is 9.84 Å². The summed E-state index contributed by atoms with van der Waals surface area (Å²) < 4.78 is 5.18. The number of hydrogen-bond acceptors (Lipinski definition) is 3. The molecular formula is C8H7NO2. The first-order valence-corrected chi connectivity index (χ1v) is 3.32. The number of aliphatic hydroxyl groups is 1. The molecule has 0 unspecified atom stereocenters. The van der Waals surface area contributed by atoms with Crippen molar-refractivity contribution in [3.8, 4) is 5.75 Å². The Hall–Kier alpha value is -1.51. The van der Waals surface area contributed by atoms with Crippen molar-refractivity contribution in [3.63, 3.8) is 0 Å². The first kappa shape index (κ1) is 6.22. The van der Waals surface area contributed by atoms with Crippen molar-refractivity contribution in [1.29, 1.82) is 0 Å². The highest BCUT2D eigenvalue weighted by atomic mass is 16.5. The zero-order valence-electron chi connectivity index (χ0n) is 5.82. The van der Waals surface area contributed by atoms with Gasteiger partial charge in [-0.15, -0.1) is 0 Å². The molecule has 1 aromatic rings. The van der Waals surface area contributed by atoms with Gasteiger partial charge in [0.15, 0.2) is 0 Å². The van der Waals surface area contributed by atoms with Crippen LogP contribution in [-0.2, 0) is 0 Å². The number of rotatable bonds is 0. The molecule has 3 nitrogen and oxygen atoms in total. The van der Waals surface area contributed by atoms with Crippen LogP contribution in [0.1, 0.15) is 5.56 Å². The summed E-state index contributed by atoms with van der Waals surface area (Å²) in [7, 11) is 0. The zero-order chi connectivity index (χ0) is 7.68. The minimum atomic E-state index is 0.241. The Morgan fingerprint density at radius 2 is 2.45 bits per heavy atom. The molecule has 0 saturated heterocycles. The first-order chi connectivity index (χ1) is 5.36. The van der Waals surface area contributed by atoms with Crippen LogP contribution < -0.4 is 4.74 Å². The van der Waals surface area contributed by atoms with Crippen LogP contribution in [0.25, 0.3) is 6.08 Å². The van der Waals surface area contributed by atoms with Gasteiger partial charge in [-0.05, 0) is 12.1 Å². The SMILES string of the molecule is OC1=Cc2cnccc2OC1. The molecule has 0 atom stereocenters. The maximum Gasteiger partial charge on any atom is 0.145 e. The number of fused-ring (bicyclic) bond motifs is 1. The van der Waals surface area contributed by atoms with Gasteiger partial charge in [0.25, 0.3) is 0 Å². The minimum absolute atomic E-state index is 0.241. The highest BCUT2D eigenvalue weighted by Gasteiger charge is 2.08. The second-order valence-corrected chi connectivity index (χ2v) is 2.34. The summed E-state index contributed by atoms with van der Waals surface area (Å²) in [6.07, 6.45) is 4.98.